The molecule has 0 spiro atoms. The summed E-state index contributed by atoms with van der Waals surface area (Å²) in [6.07, 6.45) is 4.08. The lowest BCUT2D eigenvalue weighted by Gasteiger charge is -2.36. The minimum atomic E-state index is -0.977. The van der Waals surface area contributed by atoms with Crippen LogP contribution in [0.1, 0.15) is 57.6 Å². The van der Waals surface area contributed by atoms with Gasteiger partial charge in [-0.2, -0.15) is 0 Å². The van der Waals surface area contributed by atoms with Crippen molar-refractivity contribution < 1.29 is 19.1 Å². The van der Waals surface area contributed by atoms with Crippen LogP contribution in [-0.4, -0.2) is 56.3 Å². The van der Waals surface area contributed by atoms with Crippen LogP contribution >= 0.6 is 0 Å². The second-order valence-corrected chi connectivity index (χ2v) is 14.0. The first-order chi connectivity index (χ1) is 23.4. The van der Waals surface area contributed by atoms with Gasteiger partial charge in [-0.25, -0.2) is 9.78 Å². The van der Waals surface area contributed by atoms with Crippen molar-refractivity contribution in [2.45, 2.75) is 71.4 Å². The highest BCUT2D eigenvalue weighted by Gasteiger charge is 2.36. The summed E-state index contributed by atoms with van der Waals surface area (Å²) in [7, 11) is 0. The van der Waals surface area contributed by atoms with Gasteiger partial charge in [0.2, 0.25) is 11.8 Å². The number of carbonyl (C=O) groups excluding carboxylic acids is 3. The number of anilines is 1. The zero-order chi connectivity index (χ0) is 34.9. The maximum atomic E-state index is 14.4. The number of carbonyl (C=O) groups is 3. The van der Waals surface area contributed by atoms with Gasteiger partial charge < -0.3 is 20.8 Å². The van der Waals surface area contributed by atoms with Gasteiger partial charge in [-0.1, -0.05) is 24.3 Å². The average molecular weight is 666 g/mol. The highest BCUT2D eigenvalue weighted by molar-refractivity contribution is 6.03. The molecule has 12 heteroatoms. The molecule has 1 aliphatic carbocycles. The first kappa shape index (κ1) is 33.5. The second kappa shape index (κ2) is 13.6. The van der Waals surface area contributed by atoms with E-state index in [4.69, 9.17) is 10.5 Å². The number of imidazole rings is 1. The van der Waals surface area contributed by atoms with Crippen molar-refractivity contribution in [1.29, 1.82) is 0 Å². The van der Waals surface area contributed by atoms with Crippen LogP contribution in [0.15, 0.2) is 65.7 Å². The van der Waals surface area contributed by atoms with Crippen molar-refractivity contribution in [3.63, 3.8) is 0 Å². The third-order valence-electron chi connectivity index (χ3n) is 9.30. The van der Waals surface area contributed by atoms with E-state index in [-0.39, 0.29) is 29.7 Å². The molecule has 0 radical (unpaired) electrons. The Morgan fingerprint density at radius 1 is 1.00 bits per heavy atom. The van der Waals surface area contributed by atoms with Gasteiger partial charge in [0.15, 0.2) is 0 Å². The Hall–Kier alpha value is -5.39. The van der Waals surface area contributed by atoms with E-state index in [9.17, 15) is 19.2 Å². The van der Waals surface area contributed by atoms with Gasteiger partial charge in [0.25, 0.3) is 5.56 Å². The van der Waals surface area contributed by atoms with Crippen LogP contribution in [0.5, 0.6) is 0 Å². The van der Waals surface area contributed by atoms with Crippen LogP contribution in [0.2, 0.25) is 0 Å². The molecule has 6 N–H and O–H groups in total. The van der Waals surface area contributed by atoms with Crippen LogP contribution < -0.4 is 21.5 Å². The Morgan fingerprint density at radius 3 is 2.43 bits per heavy atom. The largest absolute Gasteiger partial charge is 0.444 e. The number of ether oxygens (including phenoxy) is 1. The van der Waals surface area contributed by atoms with Crippen molar-refractivity contribution in [3.8, 4) is 11.1 Å². The van der Waals surface area contributed by atoms with Crippen molar-refractivity contribution in [3.05, 3.63) is 82.4 Å². The fourth-order valence-corrected chi connectivity index (χ4v) is 6.75. The van der Waals surface area contributed by atoms with E-state index in [1.165, 1.54) is 4.90 Å². The number of aryl methyl sites for hydroxylation is 1. The van der Waals surface area contributed by atoms with Crippen LogP contribution in [0.3, 0.4) is 0 Å². The Balaban J connectivity index is 1.23. The van der Waals surface area contributed by atoms with Gasteiger partial charge in [0.05, 0.1) is 28.3 Å². The predicted octanol–water partition coefficient (Wildman–Crippen LogP) is 5.47. The summed E-state index contributed by atoms with van der Waals surface area (Å²) < 4.78 is 5.36. The summed E-state index contributed by atoms with van der Waals surface area (Å²) in [6.45, 7) is 7.97. The number of rotatable bonds is 9. The Morgan fingerprint density at radius 2 is 1.73 bits per heavy atom. The molecule has 5 aromatic rings. The van der Waals surface area contributed by atoms with E-state index < -0.39 is 23.6 Å². The van der Waals surface area contributed by atoms with Crippen molar-refractivity contribution >= 4 is 45.5 Å². The van der Waals surface area contributed by atoms with Crippen LogP contribution in [0.25, 0.3) is 33.1 Å². The SMILES string of the molecule is Cc1cc2[nH]cnc2cc1-c1ccc(C[C@@H](C(N)=O)N(C(=O)C2CCC(CNC(=O)OC(C)(C)C)CC2)c2ccc3c(=O)[nH][nH]c3c2)cc1. The summed E-state index contributed by atoms with van der Waals surface area (Å²) in [6, 6.07) is 16.1. The number of amides is 3. The van der Waals surface area contributed by atoms with E-state index in [2.05, 4.69) is 38.5 Å². The molecule has 1 aliphatic rings. The number of benzene rings is 3. The number of alkyl carbamates (subject to hydrolysis) is 1. The predicted molar refractivity (Wildman–Crippen MR) is 189 cm³/mol. The molecule has 3 aromatic carbocycles. The number of primary amides is 1. The number of hydrogen-bond donors (Lipinski definition) is 5. The van der Waals surface area contributed by atoms with E-state index in [1.807, 2.05) is 51.1 Å². The Labute approximate surface area is 283 Å². The van der Waals surface area contributed by atoms with E-state index in [1.54, 1.807) is 24.5 Å². The number of nitrogens with two attached hydrogens (primary N) is 1. The quantitative estimate of drug-likeness (QED) is 0.139. The number of hydrogen-bond acceptors (Lipinski definition) is 6. The third-order valence-corrected chi connectivity index (χ3v) is 9.30. The molecule has 0 saturated heterocycles. The number of nitrogens with one attached hydrogen (secondary N) is 4. The number of H-pyrrole nitrogens is 3. The fraction of sp³-hybridized carbons (Fsp3) is 0.378. The summed E-state index contributed by atoms with van der Waals surface area (Å²) in [4.78, 5) is 61.1. The molecule has 0 bridgehead atoms. The molecule has 6 rings (SSSR count). The monoisotopic (exact) mass is 665 g/mol. The Kier molecular flexibility index (Phi) is 9.31. The Bertz CT molecular complexity index is 2050. The van der Waals surface area contributed by atoms with Gasteiger partial charge in [-0.15, -0.1) is 0 Å². The zero-order valence-corrected chi connectivity index (χ0v) is 28.3. The maximum Gasteiger partial charge on any atom is 0.407 e. The smallest absolute Gasteiger partial charge is 0.407 e. The van der Waals surface area contributed by atoms with Crippen molar-refractivity contribution in [1.82, 2.24) is 25.5 Å². The highest BCUT2D eigenvalue weighted by atomic mass is 16.6. The number of aromatic amines is 3. The summed E-state index contributed by atoms with van der Waals surface area (Å²) in [5, 5.41) is 8.73. The molecule has 2 heterocycles. The molecular weight excluding hydrogens is 622 g/mol. The normalized spacial score (nSPS) is 17.1. The molecule has 256 valence electrons. The maximum absolute atomic E-state index is 14.4. The molecule has 1 fully saturated rings. The molecule has 1 atom stereocenters. The second-order valence-electron chi connectivity index (χ2n) is 14.0. The molecule has 0 aliphatic heterocycles. The van der Waals surface area contributed by atoms with Gasteiger partial charge in [-0.3, -0.25) is 29.5 Å². The zero-order valence-electron chi connectivity index (χ0n) is 28.3. The van der Waals surface area contributed by atoms with Crippen LogP contribution in [-0.2, 0) is 20.7 Å². The van der Waals surface area contributed by atoms with Crippen LogP contribution in [0, 0.1) is 18.8 Å². The van der Waals surface area contributed by atoms with E-state index in [0.29, 0.717) is 36.0 Å². The third kappa shape index (κ3) is 7.53. The lowest BCUT2D eigenvalue weighted by molar-refractivity contribution is -0.127. The van der Waals surface area contributed by atoms with Crippen molar-refractivity contribution in [2.75, 3.05) is 11.4 Å². The van der Waals surface area contributed by atoms with Crippen molar-refractivity contribution in [2.24, 2.45) is 17.6 Å². The minimum Gasteiger partial charge on any atom is -0.444 e. The topological polar surface area (TPSA) is 179 Å². The van der Waals surface area contributed by atoms with Gasteiger partial charge in [-0.05, 0) is 112 Å². The van der Waals surface area contributed by atoms with Gasteiger partial charge in [0.1, 0.15) is 11.6 Å². The first-order valence-electron chi connectivity index (χ1n) is 16.7. The van der Waals surface area contributed by atoms with Crippen LogP contribution in [0.4, 0.5) is 10.5 Å². The first-order valence-corrected chi connectivity index (χ1v) is 16.7. The summed E-state index contributed by atoms with van der Waals surface area (Å²) in [5.74, 6) is -0.966. The van der Waals surface area contributed by atoms with E-state index >= 15 is 0 Å². The van der Waals surface area contributed by atoms with Gasteiger partial charge in [0, 0.05) is 24.6 Å². The lowest BCUT2D eigenvalue weighted by Crippen LogP contribution is -2.52. The lowest BCUT2D eigenvalue weighted by atomic mass is 9.81. The molecule has 49 heavy (non-hydrogen) atoms. The number of aromatic nitrogens is 4. The molecule has 12 nitrogen and oxygen atoms in total. The molecule has 1 saturated carbocycles. The molecule has 0 unspecified atom stereocenters. The number of nitrogens with zero attached hydrogens (tertiary/aromatic N) is 2. The summed E-state index contributed by atoms with van der Waals surface area (Å²) >= 11 is 0. The molecular formula is C37H43N7O5. The van der Waals surface area contributed by atoms with E-state index in [0.717, 1.165) is 46.1 Å². The standard InChI is InChI=1S/C37H43N7O5/c1-21-15-30-31(41-20-40-30)18-28(21)24-9-5-22(6-10-24)16-32(33(38)45)44(26-13-14-27-29(17-26)42-43-34(27)46)35(47)25-11-7-23(8-12-25)19-39-36(48)49-37(2,3)4/h5-6,9-10,13-15,17-18,20,23,25,32H,7-8,11-12,16,19H2,1-4H3,(H2,38,45)(H,39,48)(H,40,41)(H2,42,43,46)/t23?,25?,32-/m0/s1. The minimum absolute atomic E-state index is 0.195. The fourth-order valence-electron chi connectivity index (χ4n) is 6.75. The molecule has 2 aromatic heterocycles. The van der Waals surface area contributed by atoms with Gasteiger partial charge >= 0.3 is 6.09 Å². The number of fused-ring (bicyclic) bond motifs is 2. The average Bonchev–Trinajstić information content (AvgIpc) is 3.68. The molecule has 3 amide bonds. The summed E-state index contributed by atoms with van der Waals surface area (Å²) in [5.41, 5.74) is 12.1. The highest BCUT2D eigenvalue weighted by Crippen LogP contribution is 2.34.